The third kappa shape index (κ3) is 4.89. The molecule has 0 amide bonds. The molecule has 2 aromatic heterocycles. The largest absolute Gasteiger partial charge is 0.495 e. The fraction of sp³-hybridized carbons (Fsp3) is 0.0385. The Kier molecular flexibility index (Phi) is 6.36. The van der Waals surface area contributed by atoms with Crippen LogP contribution in [0.5, 0.6) is 5.75 Å². The molecule has 2 heterocycles. The van der Waals surface area contributed by atoms with E-state index in [0.29, 0.717) is 33.5 Å². The van der Waals surface area contributed by atoms with Crippen molar-refractivity contribution in [1.29, 1.82) is 0 Å². The van der Waals surface area contributed by atoms with Gasteiger partial charge in [-0.1, -0.05) is 17.7 Å². The molecule has 186 valence electrons. The van der Waals surface area contributed by atoms with E-state index in [1.807, 2.05) is 0 Å². The third-order valence-electron chi connectivity index (χ3n) is 5.61. The first kappa shape index (κ1) is 24.4. The second kappa shape index (κ2) is 9.64. The number of aromatic nitrogens is 3. The van der Waals surface area contributed by atoms with Crippen LogP contribution in [0.2, 0.25) is 5.02 Å². The van der Waals surface area contributed by atoms with Crippen molar-refractivity contribution >= 4 is 38.3 Å². The fourth-order valence-electron chi connectivity index (χ4n) is 3.95. The Morgan fingerprint density at radius 1 is 0.973 bits per heavy atom. The topological polar surface area (TPSA) is 103 Å². The van der Waals surface area contributed by atoms with E-state index in [1.165, 1.54) is 66.7 Å². The van der Waals surface area contributed by atoms with Gasteiger partial charge in [0.05, 0.1) is 23.2 Å². The maximum atomic E-state index is 14.0. The Hall–Kier alpha value is -4.28. The average molecular weight is 537 g/mol. The van der Waals surface area contributed by atoms with Gasteiger partial charge in [0, 0.05) is 22.7 Å². The Morgan fingerprint density at radius 3 is 2.54 bits per heavy atom. The van der Waals surface area contributed by atoms with Gasteiger partial charge in [-0.25, -0.2) is 22.8 Å². The number of hydrogen-bond donors (Lipinski definition) is 1. The highest BCUT2D eigenvalue weighted by atomic mass is 35.5. The molecule has 11 heteroatoms. The number of methoxy groups -OCH3 is 1. The first-order valence-corrected chi connectivity index (χ1v) is 12.7. The number of nitrogens with one attached hydrogen (secondary N) is 1. The molecule has 0 atom stereocenters. The summed E-state index contributed by atoms with van der Waals surface area (Å²) >= 11 is 6.04. The number of ether oxygens (including phenoxy) is 1. The molecule has 0 aliphatic heterocycles. The second-order valence-electron chi connectivity index (χ2n) is 7.97. The molecule has 0 saturated heterocycles. The highest BCUT2D eigenvalue weighted by molar-refractivity contribution is 7.92. The molecule has 0 aliphatic rings. The average Bonchev–Trinajstić information content (AvgIpc) is 2.88. The van der Waals surface area contributed by atoms with Crippen LogP contribution < -0.4 is 15.0 Å². The van der Waals surface area contributed by atoms with Crippen LogP contribution in [0.15, 0.2) is 95.0 Å². The molecule has 0 unspecified atom stereocenters. The van der Waals surface area contributed by atoms with Crippen molar-refractivity contribution in [3.05, 3.63) is 107 Å². The van der Waals surface area contributed by atoms with Gasteiger partial charge in [-0.2, -0.15) is 0 Å². The van der Waals surface area contributed by atoms with Crippen molar-refractivity contribution in [2.45, 2.75) is 4.90 Å². The van der Waals surface area contributed by atoms with E-state index in [-0.39, 0.29) is 21.3 Å². The predicted molar refractivity (Wildman–Crippen MR) is 139 cm³/mol. The van der Waals surface area contributed by atoms with E-state index in [1.54, 1.807) is 30.3 Å². The number of anilines is 1. The highest BCUT2D eigenvalue weighted by Gasteiger charge is 2.18. The monoisotopic (exact) mass is 536 g/mol. The van der Waals surface area contributed by atoms with Crippen LogP contribution >= 0.6 is 11.6 Å². The molecule has 1 N–H and O–H groups in total. The number of rotatable bonds is 6. The van der Waals surface area contributed by atoms with Crippen LogP contribution in [0.1, 0.15) is 0 Å². The van der Waals surface area contributed by atoms with Gasteiger partial charge in [0.15, 0.2) is 0 Å². The van der Waals surface area contributed by atoms with Gasteiger partial charge >= 0.3 is 0 Å². The minimum atomic E-state index is -3.96. The summed E-state index contributed by atoms with van der Waals surface area (Å²) in [5, 5.41) is 0.727. The van der Waals surface area contributed by atoms with Gasteiger partial charge in [0.2, 0.25) is 0 Å². The minimum absolute atomic E-state index is 0.0149. The van der Waals surface area contributed by atoms with Crippen LogP contribution in [0.4, 0.5) is 10.2 Å². The molecular formula is C26H18ClFN4O4S. The summed E-state index contributed by atoms with van der Waals surface area (Å²) in [7, 11) is -2.49. The molecule has 8 nitrogen and oxygen atoms in total. The number of benzene rings is 3. The Bertz CT molecular complexity index is 1790. The number of nitrogens with zero attached hydrogens (tertiary/aromatic N) is 3. The van der Waals surface area contributed by atoms with Crippen LogP contribution in [0.25, 0.3) is 27.7 Å². The SMILES string of the molecule is COc1ccc(-c2cc(F)cc(Cl)c2)cc1-n1c(=O)ccc2cc(S(=O)(=O)Nc3ccncn3)ccc21. The summed E-state index contributed by atoms with van der Waals surface area (Å²) in [6.45, 7) is 0. The van der Waals surface area contributed by atoms with E-state index < -0.39 is 15.8 Å². The Morgan fingerprint density at radius 2 is 1.81 bits per heavy atom. The van der Waals surface area contributed by atoms with Crippen molar-refractivity contribution in [3.63, 3.8) is 0 Å². The number of halogens is 2. The van der Waals surface area contributed by atoms with Crippen LogP contribution in [0.3, 0.4) is 0 Å². The molecule has 0 bridgehead atoms. The zero-order chi connectivity index (χ0) is 26.2. The van der Waals surface area contributed by atoms with Gasteiger partial charge in [0.25, 0.3) is 15.6 Å². The van der Waals surface area contributed by atoms with Gasteiger partial charge in [-0.15, -0.1) is 0 Å². The van der Waals surface area contributed by atoms with Crippen molar-refractivity contribution in [1.82, 2.24) is 14.5 Å². The maximum absolute atomic E-state index is 14.0. The number of fused-ring (bicyclic) bond motifs is 1. The number of sulfonamides is 1. The van der Waals surface area contributed by atoms with Crippen molar-refractivity contribution in [2.75, 3.05) is 11.8 Å². The molecule has 0 spiro atoms. The smallest absolute Gasteiger partial charge is 0.263 e. The molecule has 5 aromatic rings. The maximum Gasteiger partial charge on any atom is 0.263 e. The standard InChI is InChI=1S/C26H18ClFN4O4S/c1-36-24-6-2-16(18-10-19(27)14-20(28)11-18)13-23(24)32-22-5-4-21(12-17(22)3-7-26(32)33)37(34,35)31-25-8-9-29-15-30-25/h2-15H,1H3,(H,29,30,31). The van der Waals surface area contributed by atoms with Crippen molar-refractivity contribution in [2.24, 2.45) is 0 Å². The molecule has 0 saturated carbocycles. The lowest BCUT2D eigenvalue weighted by Crippen LogP contribution is -2.19. The van der Waals surface area contributed by atoms with Gasteiger partial charge in [-0.3, -0.25) is 14.1 Å². The number of pyridine rings is 1. The Labute approximate surface area is 216 Å². The van der Waals surface area contributed by atoms with Crippen molar-refractivity contribution < 1.29 is 17.5 Å². The van der Waals surface area contributed by atoms with Crippen molar-refractivity contribution in [3.8, 4) is 22.6 Å². The minimum Gasteiger partial charge on any atom is -0.495 e. The summed E-state index contributed by atoms with van der Waals surface area (Å²) in [5.74, 6) is 0.0218. The zero-order valence-corrected chi connectivity index (χ0v) is 20.8. The van der Waals surface area contributed by atoms with Gasteiger partial charge < -0.3 is 4.74 Å². The summed E-state index contributed by atoms with van der Waals surface area (Å²) in [6.07, 6.45) is 2.65. The predicted octanol–water partition coefficient (Wildman–Crippen LogP) is 5.05. The third-order valence-corrected chi connectivity index (χ3v) is 7.18. The summed E-state index contributed by atoms with van der Waals surface area (Å²) in [6, 6.07) is 17.9. The van der Waals surface area contributed by atoms with Crippen LogP contribution in [-0.4, -0.2) is 30.1 Å². The zero-order valence-electron chi connectivity index (χ0n) is 19.2. The van der Waals surface area contributed by atoms with Crippen LogP contribution in [0, 0.1) is 5.82 Å². The van der Waals surface area contributed by atoms with E-state index in [4.69, 9.17) is 16.3 Å². The van der Waals surface area contributed by atoms with E-state index in [2.05, 4.69) is 14.7 Å². The second-order valence-corrected chi connectivity index (χ2v) is 10.1. The summed E-state index contributed by atoms with van der Waals surface area (Å²) in [4.78, 5) is 20.7. The lowest BCUT2D eigenvalue weighted by Gasteiger charge is -2.16. The number of hydrogen-bond acceptors (Lipinski definition) is 6. The molecular weight excluding hydrogens is 519 g/mol. The molecule has 0 radical (unpaired) electrons. The lowest BCUT2D eigenvalue weighted by atomic mass is 10.0. The molecule has 3 aromatic carbocycles. The summed E-state index contributed by atoms with van der Waals surface area (Å²) in [5.41, 5.74) is 1.60. The lowest BCUT2D eigenvalue weighted by molar-refractivity contribution is 0.413. The van der Waals surface area contributed by atoms with E-state index >= 15 is 0 Å². The Balaban J connectivity index is 1.65. The van der Waals surface area contributed by atoms with Gasteiger partial charge in [-0.05, 0) is 71.8 Å². The van der Waals surface area contributed by atoms with E-state index in [0.717, 1.165) is 0 Å². The molecule has 0 fully saturated rings. The fourth-order valence-corrected chi connectivity index (χ4v) is 5.22. The van der Waals surface area contributed by atoms with Crippen LogP contribution in [-0.2, 0) is 10.0 Å². The quantitative estimate of drug-likeness (QED) is 0.326. The molecule has 5 rings (SSSR count). The molecule has 37 heavy (non-hydrogen) atoms. The summed E-state index contributed by atoms with van der Waals surface area (Å²) < 4.78 is 49.2. The van der Waals surface area contributed by atoms with E-state index in [9.17, 15) is 17.6 Å². The first-order chi connectivity index (χ1) is 17.7. The first-order valence-electron chi connectivity index (χ1n) is 10.8. The van der Waals surface area contributed by atoms with Gasteiger partial charge in [0.1, 0.15) is 23.7 Å². The molecule has 0 aliphatic carbocycles. The normalized spacial score (nSPS) is 11.4. The highest BCUT2D eigenvalue weighted by Crippen LogP contribution is 2.32.